The number of carbonyl (C=O) groups is 1. The second-order valence-corrected chi connectivity index (χ2v) is 7.66. The Kier molecular flexibility index (Phi) is 5.93. The number of rotatable bonds is 6. The summed E-state index contributed by atoms with van der Waals surface area (Å²) in [5, 5.41) is 7.13. The molecule has 0 aromatic carbocycles. The molecule has 1 N–H and O–H groups in total. The number of amides is 1. The minimum atomic E-state index is 0.0136. The summed E-state index contributed by atoms with van der Waals surface area (Å²) in [6, 6.07) is 7.75. The predicted molar refractivity (Wildman–Crippen MR) is 110 cm³/mol. The van der Waals surface area contributed by atoms with Gasteiger partial charge in [-0.2, -0.15) is 5.10 Å². The molecule has 3 aromatic heterocycles. The van der Waals surface area contributed by atoms with Crippen molar-refractivity contribution in [2.75, 3.05) is 6.54 Å². The molecule has 7 nitrogen and oxygen atoms in total. The van der Waals surface area contributed by atoms with Crippen molar-refractivity contribution in [2.24, 2.45) is 5.92 Å². The molecule has 3 heterocycles. The van der Waals surface area contributed by atoms with Gasteiger partial charge in [0.25, 0.3) is 0 Å². The minimum absolute atomic E-state index is 0.0136. The lowest BCUT2D eigenvalue weighted by atomic mass is 9.79. The molecule has 0 atom stereocenters. The SMILES string of the molecule is Cc1ncc(-c2ccccn2)c(C2CCC(CNC(=O)Cn3cccn3)CC2)n1. The van der Waals surface area contributed by atoms with Gasteiger partial charge in [0.15, 0.2) is 0 Å². The van der Waals surface area contributed by atoms with Gasteiger partial charge < -0.3 is 5.32 Å². The van der Waals surface area contributed by atoms with Crippen LogP contribution in [0.25, 0.3) is 11.3 Å². The highest BCUT2D eigenvalue weighted by Gasteiger charge is 2.26. The van der Waals surface area contributed by atoms with Gasteiger partial charge >= 0.3 is 0 Å². The van der Waals surface area contributed by atoms with Crippen molar-refractivity contribution in [3.8, 4) is 11.3 Å². The Morgan fingerprint density at radius 1 is 1.14 bits per heavy atom. The van der Waals surface area contributed by atoms with E-state index < -0.39 is 0 Å². The van der Waals surface area contributed by atoms with Gasteiger partial charge in [0.1, 0.15) is 12.4 Å². The van der Waals surface area contributed by atoms with E-state index in [1.54, 1.807) is 17.1 Å². The van der Waals surface area contributed by atoms with Crippen molar-refractivity contribution in [3.63, 3.8) is 0 Å². The van der Waals surface area contributed by atoms with Crippen molar-refractivity contribution in [1.29, 1.82) is 0 Å². The third-order valence-electron chi connectivity index (χ3n) is 5.57. The van der Waals surface area contributed by atoms with Crippen LogP contribution in [0.2, 0.25) is 0 Å². The fourth-order valence-corrected chi connectivity index (χ4v) is 4.01. The normalized spacial score (nSPS) is 19.1. The van der Waals surface area contributed by atoms with Gasteiger partial charge in [-0.25, -0.2) is 9.97 Å². The first-order chi connectivity index (χ1) is 14.2. The van der Waals surface area contributed by atoms with Gasteiger partial charge in [-0.3, -0.25) is 14.5 Å². The molecule has 4 rings (SSSR count). The van der Waals surface area contributed by atoms with Crippen LogP contribution in [-0.2, 0) is 11.3 Å². The summed E-state index contributed by atoms with van der Waals surface area (Å²) >= 11 is 0. The fraction of sp³-hybridized carbons (Fsp3) is 0.409. The number of aryl methyl sites for hydroxylation is 1. The minimum Gasteiger partial charge on any atom is -0.354 e. The molecule has 1 amide bonds. The highest BCUT2D eigenvalue weighted by molar-refractivity contribution is 5.75. The number of hydrogen-bond acceptors (Lipinski definition) is 5. The fourth-order valence-electron chi connectivity index (χ4n) is 4.01. The molecule has 0 bridgehead atoms. The van der Waals surface area contributed by atoms with E-state index in [-0.39, 0.29) is 12.5 Å². The number of nitrogens with zero attached hydrogens (tertiary/aromatic N) is 5. The average Bonchev–Trinajstić information content (AvgIpc) is 3.26. The van der Waals surface area contributed by atoms with Gasteiger partial charge in [-0.1, -0.05) is 6.07 Å². The van der Waals surface area contributed by atoms with Crippen LogP contribution >= 0.6 is 0 Å². The summed E-state index contributed by atoms with van der Waals surface area (Å²) in [5.41, 5.74) is 3.07. The van der Waals surface area contributed by atoms with Crippen LogP contribution in [0, 0.1) is 12.8 Å². The predicted octanol–water partition coefficient (Wildman–Crippen LogP) is 3.13. The van der Waals surface area contributed by atoms with E-state index in [2.05, 4.69) is 20.4 Å². The lowest BCUT2D eigenvalue weighted by Crippen LogP contribution is -2.33. The highest BCUT2D eigenvalue weighted by Crippen LogP contribution is 2.38. The zero-order valence-electron chi connectivity index (χ0n) is 16.7. The first kappa shape index (κ1) is 19.2. The molecule has 0 saturated heterocycles. The third kappa shape index (κ3) is 4.85. The molecular weight excluding hydrogens is 364 g/mol. The van der Waals surface area contributed by atoms with Crippen LogP contribution < -0.4 is 5.32 Å². The lowest BCUT2D eigenvalue weighted by molar-refractivity contribution is -0.122. The molecule has 150 valence electrons. The Morgan fingerprint density at radius 2 is 2.00 bits per heavy atom. The van der Waals surface area contributed by atoms with Crippen LogP contribution in [0.1, 0.15) is 43.1 Å². The van der Waals surface area contributed by atoms with E-state index in [0.717, 1.165) is 55.0 Å². The summed E-state index contributed by atoms with van der Waals surface area (Å²) < 4.78 is 1.64. The number of nitrogens with one attached hydrogen (secondary N) is 1. The topological polar surface area (TPSA) is 85.6 Å². The van der Waals surface area contributed by atoms with Gasteiger partial charge in [-0.15, -0.1) is 0 Å². The Balaban J connectivity index is 1.35. The van der Waals surface area contributed by atoms with Gasteiger partial charge in [-0.05, 0) is 56.7 Å². The maximum absolute atomic E-state index is 12.1. The molecule has 1 fully saturated rings. The first-order valence-corrected chi connectivity index (χ1v) is 10.2. The summed E-state index contributed by atoms with van der Waals surface area (Å²) in [4.78, 5) is 25.8. The average molecular weight is 390 g/mol. The second kappa shape index (κ2) is 8.94. The molecule has 0 radical (unpaired) electrons. The van der Waals surface area contributed by atoms with Gasteiger partial charge in [0.05, 0.1) is 11.4 Å². The van der Waals surface area contributed by atoms with E-state index in [0.29, 0.717) is 11.8 Å². The summed E-state index contributed by atoms with van der Waals surface area (Å²) in [7, 11) is 0. The quantitative estimate of drug-likeness (QED) is 0.699. The maximum atomic E-state index is 12.1. The standard InChI is InChI=1S/C22H26N6O/c1-16-24-14-19(20-5-2-3-10-23-20)22(27-16)18-8-6-17(7-9-18)13-25-21(29)15-28-12-4-11-26-28/h2-5,10-12,14,17-18H,6-9,13,15H2,1H3,(H,25,29). The van der Waals surface area contributed by atoms with Crippen molar-refractivity contribution in [2.45, 2.75) is 45.1 Å². The second-order valence-electron chi connectivity index (χ2n) is 7.66. The van der Waals surface area contributed by atoms with Crippen LogP contribution in [0.3, 0.4) is 0 Å². The Bertz CT molecular complexity index is 933. The largest absolute Gasteiger partial charge is 0.354 e. The Morgan fingerprint density at radius 3 is 2.72 bits per heavy atom. The number of pyridine rings is 1. The molecular formula is C22H26N6O. The van der Waals surface area contributed by atoms with Crippen molar-refractivity contribution >= 4 is 5.91 Å². The maximum Gasteiger partial charge on any atom is 0.241 e. The van der Waals surface area contributed by atoms with E-state index in [4.69, 9.17) is 4.98 Å². The molecule has 3 aromatic rings. The van der Waals surface area contributed by atoms with E-state index >= 15 is 0 Å². The van der Waals surface area contributed by atoms with Crippen molar-refractivity contribution in [1.82, 2.24) is 30.0 Å². The van der Waals surface area contributed by atoms with E-state index in [9.17, 15) is 4.79 Å². The summed E-state index contributed by atoms with van der Waals surface area (Å²) in [6.45, 7) is 2.94. The molecule has 1 saturated carbocycles. The molecule has 0 aliphatic heterocycles. The first-order valence-electron chi connectivity index (χ1n) is 10.2. The molecule has 0 unspecified atom stereocenters. The van der Waals surface area contributed by atoms with Crippen molar-refractivity contribution < 1.29 is 4.79 Å². The molecule has 0 spiro atoms. The van der Waals surface area contributed by atoms with E-state index in [1.165, 1.54) is 0 Å². The smallest absolute Gasteiger partial charge is 0.241 e. The number of aromatic nitrogens is 5. The molecule has 7 heteroatoms. The van der Waals surface area contributed by atoms with Gasteiger partial charge in [0, 0.05) is 42.8 Å². The van der Waals surface area contributed by atoms with Crippen molar-refractivity contribution in [3.05, 3.63) is 60.6 Å². The molecule has 29 heavy (non-hydrogen) atoms. The van der Waals surface area contributed by atoms with Crippen LogP contribution in [0.15, 0.2) is 49.1 Å². The number of hydrogen-bond donors (Lipinski definition) is 1. The zero-order chi connectivity index (χ0) is 20.1. The summed E-state index contributed by atoms with van der Waals surface area (Å²) in [5.74, 6) is 1.73. The lowest BCUT2D eigenvalue weighted by Gasteiger charge is -2.29. The van der Waals surface area contributed by atoms with E-state index in [1.807, 2.05) is 43.6 Å². The van der Waals surface area contributed by atoms with Crippen LogP contribution in [0.4, 0.5) is 0 Å². The molecule has 1 aliphatic carbocycles. The Hall–Kier alpha value is -3.09. The van der Waals surface area contributed by atoms with Crippen LogP contribution in [0.5, 0.6) is 0 Å². The Labute approximate surface area is 170 Å². The van der Waals surface area contributed by atoms with Crippen LogP contribution in [-0.4, -0.2) is 37.2 Å². The number of carbonyl (C=O) groups excluding carboxylic acids is 1. The third-order valence-corrected chi connectivity index (χ3v) is 5.57. The highest BCUT2D eigenvalue weighted by atomic mass is 16.2. The molecule has 1 aliphatic rings. The van der Waals surface area contributed by atoms with Gasteiger partial charge in [0.2, 0.25) is 5.91 Å². The zero-order valence-corrected chi connectivity index (χ0v) is 16.7. The summed E-state index contributed by atoms with van der Waals surface area (Å²) in [6.07, 6.45) is 11.5. The monoisotopic (exact) mass is 390 g/mol.